The van der Waals surface area contributed by atoms with Crippen molar-refractivity contribution in [2.75, 3.05) is 26.4 Å². The smallest absolute Gasteiger partial charge is 0.185 e. The molecule has 2 aliphatic heterocycles. The maximum atomic E-state index is 13.2. The summed E-state index contributed by atoms with van der Waals surface area (Å²) in [5, 5.41) is 0. The second-order valence-corrected chi connectivity index (χ2v) is 8.71. The third kappa shape index (κ3) is 5.47. The lowest BCUT2D eigenvalue weighted by Crippen LogP contribution is -2.19. The Bertz CT molecular complexity index is 1010. The van der Waals surface area contributed by atoms with Gasteiger partial charge < -0.3 is 18.9 Å². The quantitative estimate of drug-likeness (QED) is 0.447. The fraction of sp³-hybridized carbons (Fsp3) is 0.370. The van der Waals surface area contributed by atoms with E-state index in [-0.39, 0.29) is 23.9 Å². The van der Waals surface area contributed by atoms with Gasteiger partial charge in [0.2, 0.25) is 0 Å². The van der Waals surface area contributed by atoms with Crippen LogP contribution < -0.4 is 9.47 Å². The molecule has 3 unspecified atom stereocenters. The molecule has 0 bridgehead atoms. The highest BCUT2D eigenvalue weighted by molar-refractivity contribution is 6.14. The summed E-state index contributed by atoms with van der Waals surface area (Å²) in [6.45, 7) is 4.88. The molecule has 0 spiro atoms. The molecule has 5 nitrogen and oxygen atoms in total. The summed E-state index contributed by atoms with van der Waals surface area (Å²) in [4.78, 5) is 13.2. The maximum absolute atomic E-state index is 13.2. The summed E-state index contributed by atoms with van der Waals surface area (Å²) in [5.74, 6) is 2.02. The van der Waals surface area contributed by atoms with Crippen molar-refractivity contribution in [1.82, 2.24) is 0 Å². The Morgan fingerprint density at radius 3 is 1.84 bits per heavy atom. The minimum absolute atomic E-state index is 0.140. The molecule has 2 aromatic rings. The summed E-state index contributed by atoms with van der Waals surface area (Å²) in [6.07, 6.45) is 6.27. The Balaban J connectivity index is 1.26. The molecule has 0 amide bonds. The molecule has 5 rings (SSSR count). The first-order valence-electron chi connectivity index (χ1n) is 11.3. The number of Topliss-reactive ketones (excluding diaryl/α,β-unsaturated/α-hetero) is 1. The van der Waals surface area contributed by atoms with E-state index in [4.69, 9.17) is 18.9 Å². The van der Waals surface area contributed by atoms with E-state index in [1.807, 2.05) is 60.7 Å². The van der Waals surface area contributed by atoms with Crippen molar-refractivity contribution in [3.05, 3.63) is 70.8 Å². The van der Waals surface area contributed by atoms with Gasteiger partial charge in [-0.15, -0.1) is 0 Å². The van der Waals surface area contributed by atoms with E-state index in [0.29, 0.717) is 13.2 Å². The van der Waals surface area contributed by atoms with Gasteiger partial charge in [0.15, 0.2) is 5.78 Å². The van der Waals surface area contributed by atoms with Gasteiger partial charge in [-0.1, -0.05) is 31.2 Å². The molecule has 3 atom stereocenters. The van der Waals surface area contributed by atoms with Crippen LogP contribution in [0.5, 0.6) is 11.5 Å². The van der Waals surface area contributed by atoms with Crippen molar-refractivity contribution >= 4 is 17.9 Å². The first kappa shape index (κ1) is 21.0. The Morgan fingerprint density at radius 1 is 0.844 bits per heavy atom. The first-order valence-corrected chi connectivity index (χ1v) is 11.3. The minimum atomic E-state index is 0.140. The van der Waals surface area contributed by atoms with Crippen LogP contribution in [0.15, 0.2) is 59.7 Å². The second-order valence-electron chi connectivity index (χ2n) is 8.71. The molecule has 3 aliphatic rings. The van der Waals surface area contributed by atoms with Crippen LogP contribution in [-0.4, -0.2) is 44.4 Å². The zero-order valence-corrected chi connectivity index (χ0v) is 18.3. The molecule has 2 heterocycles. The molecular formula is C27H28O5. The standard InChI is InChI=1S/C27H28O5/c1-18-2-7-21(12-19-3-8-22(9-4-19)29-14-24-16-31-24)27(28)26(18)13-20-5-10-23(11-6-20)30-15-25-17-32-25/h3-6,8-13,18,24-25H,2,7,14-17H2,1H3/b21-12-,26-13+. The average Bonchev–Trinajstić information content (AvgIpc) is 3.73. The summed E-state index contributed by atoms with van der Waals surface area (Å²) in [6, 6.07) is 15.8. The molecular weight excluding hydrogens is 404 g/mol. The summed E-state index contributed by atoms with van der Waals surface area (Å²) < 4.78 is 21.7. The fourth-order valence-corrected chi connectivity index (χ4v) is 3.80. The van der Waals surface area contributed by atoms with Gasteiger partial charge in [0.05, 0.1) is 13.2 Å². The lowest BCUT2D eigenvalue weighted by Gasteiger charge is -2.23. The normalized spacial score (nSPS) is 26.9. The van der Waals surface area contributed by atoms with E-state index >= 15 is 0 Å². The van der Waals surface area contributed by atoms with Crippen LogP contribution >= 0.6 is 0 Å². The molecule has 0 N–H and O–H groups in total. The van der Waals surface area contributed by atoms with Gasteiger partial charge in [-0.25, -0.2) is 0 Å². The van der Waals surface area contributed by atoms with E-state index in [1.54, 1.807) is 0 Å². The summed E-state index contributed by atoms with van der Waals surface area (Å²) in [5.41, 5.74) is 3.75. The molecule has 32 heavy (non-hydrogen) atoms. The van der Waals surface area contributed by atoms with E-state index in [9.17, 15) is 4.79 Å². The van der Waals surface area contributed by atoms with E-state index in [0.717, 1.165) is 59.8 Å². The largest absolute Gasteiger partial charge is 0.491 e. The molecule has 2 saturated heterocycles. The van der Waals surface area contributed by atoms with Crippen molar-refractivity contribution in [1.29, 1.82) is 0 Å². The van der Waals surface area contributed by atoms with Crippen molar-refractivity contribution in [3.8, 4) is 11.5 Å². The highest BCUT2D eigenvalue weighted by Gasteiger charge is 2.27. The number of benzene rings is 2. The topological polar surface area (TPSA) is 60.6 Å². The number of rotatable bonds is 8. The predicted octanol–water partition coefficient (Wildman–Crippen LogP) is 4.71. The van der Waals surface area contributed by atoms with Gasteiger partial charge in [0.1, 0.15) is 36.9 Å². The number of carbonyl (C=O) groups is 1. The number of hydrogen-bond donors (Lipinski definition) is 0. The van der Waals surface area contributed by atoms with Crippen molar-refractivity contribution in [2.45, 2.75) is 32.0 Å². The Kier molecular flexibility index (Phi) is 6.10. The van der Waals surface area contributed by atoms with Crippen molar-refractivity contribution in [3.63, 3.8) is 0 Å². The monoisotopic (exact) mass is 432 g/mol. The van der Waals surface area contributed by atoms with Crippen molar-refractivity contribution in [2.24, 2.45) is 5.92 Å². The number of allylic oxidation sites excluding steroid dienone is 2. The van der Waals surface area contributed by atoms with Crippen LogP contribution in [0.25, 0.3) is 12.2 Å². The minimum Gasteiger partial charge on any atom is -0.491 e. The molecule has 0 aromatic heterocycles. The van der Waals surface area contributed by atoms with Crippen LogP contribution in [0.1, 0.15) is 30.9 Å². The molecule has 3 fully saturated rings. The van der Waals surface area contributed by atoms with E-state index < -0.39 is 0 Å². The van der Waals surface area contributed by atoms with Gasteiger partial charge >= 0.3 is 0 Å². The zero-order valence-electron chi connectivity index (χ0n) is 18.3. The number of hydrogen-bond acceptors (Lipinski definition) is 5. The third-order valence-corrected chi connectivity index (χ3v) is 6.03. The lowest BCUT2D eigenvalue weighted by atomic mass is 9.80. The van der Waals surface area contributed by atoms with Gasteiger partial charge in [-0.2, -0.15) is 0 Å². The highest BCUT2D eigenvalue weighted by Crippen LogP contribution is 2.33. The Hall–Kier alpha value is -2.89. The van der Waals surface area contributed by atoms with Gasteiger partial charge in [-0.05, 0) is 66.3 Å². The second kappa shape index (κ2) is 9.31. The number of carbonyl (C=O) groups excluding carboxylic acids is 1. The molecule has 166 valence electrons. The number of ketones is 1. The Morgan fingerprint density at radius 2 is 1.34 bits per heavy atom. The third-order valence-electron chi connectivity index (χ3n) is 6.03. The van der Waals surface area contributed by atoms with Crippen LogP contribution in [0.3, 0.4) is 0 Å². The summed E-state index contributed by atoms with van der Waals surface area (Å²) >= 11 is 0. The lowest BCUT2D eigenvalue weighted by molar-refractivity contribution is -0.113. The van der Waals surface area contributed by atoms with Crippen LogP contribution in [0.2, 0.25) is 0 Å². The van der Waals surface area contributed by atoms with Crippen LogP contribution in [0, 0.1) is 5.92 Å². The summed E-state index contributed by atoms with van der Waals surface area (Å²) in [7, 11) is 0. The predicted molar refractivity (Wildman–Crippen MR) is 123 cm³/mol. The SMILES string of the molecule is CC1CC/C(=C/c2ccc(OCC3CO3)cc2)C(=O)/C1=C/c1ccc(OCC2CO2)cc1. The molecule has 1 saturated carbocycles. The number of ether oxygens (including phenoxy) is 4. The van der Waals surface area contributed by atoms with Gasteiger partial charge in [0, 0.05) is 11.1 Å². The molecule has 2 aromatic carbocycles. The van der Waals surface area contributed by atoms with E-state index in [2.05, 4.69) is 6.92 Å². The fourth-order valence-electron chi connectivity index (χ4n) is 3.80. The van der Waals surface area contributed by atoms with Gasteiger partial charge in [-0.3, -0.25) is 4.79 Å². The maximum Gasteiger partial charge on any atom is 0.185 e. The van der Waals surface area contributed by atoms with Crippen LogP contribution in [-0.2, 0) is 14.3 Å². The van der Waals surface area contributed by atoms with Crippen LogP contribution in [0.4, 0.5) is 0 Å². The van der Waals surface area contributed by atoms with E-state index in [1.165, 1.54) is 0 Å². The first-order chi connectivity index (χ1) is 15.6. The molecule has 1 aliphatic carbocycles. The Labute approximate surface area is 188 Å². The van der Waals surface area contributed by atoms with Gasteiger partial charge in [0.25, 0.3) is 0 Å². The molecule has 5 heteroatoms. The highest BCUT2D eigenvalue weighted by atomic mass is 16.6. The number of epoxide rings is 2. The zero-order chi connectivity index (χ0) is 21.9. The van der Waals surface area contributed by atoms with Crippen molar-refractivity contribution < 1.29 is 23.7 Å². The molecule has 0 radical (unpaired) electrons. The average molecular weight is 433 g/mol.